The van der Waals surface area contributed by atoms with Crippen LogP contribution in [0.3, 0.4) is 0 Å². The van der Waals surface area contributed by atoms with Gasteiger partial charge in [0.1, 0.15) is 18.1 Å². The van der Waals surface area contributed by atoms with E-state index in [9.17, 15) is 4.79 Å². The second kappa shape index (κ2) is 10.2. The molecule has 0 radical (unpaired) electrons. The van der Waals surface area contributed by atoms with Gasteiger partial charge in [-0.2, -0.15) is 0 Å². The van der Waals surface area contributed by atoms with E-state index in [0.717, 1.165) is 16.5 Å². The van der Waals surface area contributed by atoms with E-state index in [1.807, 2.05) is 66.7 Å². The molecular weight excluding hydrogens is 362 g/mol. The Labute approximate surface area is 171 Å². The average Bonchev–Trinajstić information content (AvgIpc) is 2.75. The molecule has 0 atom stereocenters. The number of carbonyl (C=O) groups is 1. The summed E-state index contributed by atoms with van der Waals surface area (Å²) < 4.78 is 11.2. The molecule has 0 aromatic heterocycles. The second-order valence-electron chi connectivity index (χ2n) is 6.91. The van der Waals surface area contributed by atoms with Crippen molar-refractivity contribution in [2.24, 2.45) is 0 Å². The molecule has 0 saturated heterocycles. The summed E-state index contributed by atoms with van der Waals surface area (Å²) in [5.74, 6) is 7.55. The molecule has 0 fully saturated rings. The molecule has 4 nitrogen and oxygen atoms in total. The Kier molecular flexibility index (Phi) is 7.13. The molecule has 148 valence electrons. The Balaban J connectivity index is 1.38. The summed E-state index contributed by atoms with van der Waals surface area (Å²) in [5.41, 5.74) is 1.24. The molecule has 3 aromatic rings. The number of nitrogens with one attached hydrogen (secondary N) is 1. The fourth-order valence-corrected chi connectivity index (χ4v) is 2.84. The van der Waals surface area contributed by atoms with Crippen LogP contribution in [0.25, 0.3) is 10.8 Å². The molecule has 3 rings (SSSR count). The molecule has 1 amide bonds. The summed E-state index contributed by atoms with van der Waals surface area (Å²) in [7, 11) is 0. The Hall–Kier alpha value is -3.45. The third kappa shape index (κ3) is 6.02. The molecule has 0 unspecified atom stereocenters. The maximum atomic E-state index is 11.9. The summed E-state index contributed by atoms with van der Waals surface area (Å²) in [6, 6.07) is 21.8. The number of hydrogen-bond acceptors (Lipinski definition) is 3. The lowest BCUT2D eigenvalue weighted by Gasteiger charge is -2.08. The van der Waals surface area contributed by atoms with Gasteiger partial charge in [0, 0.05) is 5.39 Å². The van der Waals surface area contributed by atoms with Gasteiger partial charge in [0.05, 0.1) is 6.54 Å². The molecule has 0 heterocycles. The van der Waals surface area contributed by atoms with E-state index in [4.69, 9.17) is 9.47 Å². The van der Waals surface area contributed by atoms with Crippen molar-refractivity contribution < 1.29 is 14.3 Å². The van der Waals surface area contributed by atoms with Crippen molar-refractivity contribution >= 4 is 16.7 Å². The van der Waals surface area contributed by atoms with Crippen molar-refractivity contribution in [3.63, 3.8) is 0 Å². The van der Waals surface area contributed by atoms with Gasteiger partial charge in [0.25, 0.3) is 5.91 Å². The highest BCUT2D eigenvalue weighted by Gasteiger charge is 2.03. The molecule has 0 bridgehead atoms. The molecule has 4 heteroatoms. The van der Waals surface area contributed by atoms with Crippen LogP contribution in [0.2, 0.25) is 0 Å². The lowest BCUT2D eigenvalue weighted by Crippen LogP contribution is -2.29. The predicted octanol–water partition coefficient (Wildman–Crippen LogP) is 4.54. The Morgan fingerprint density at radius 3 is 2.48 bits per heavy atom. The maximum Gasteiger partial charge on any atom is 0.258 e. The number of fused-ring (bicyclic) bond motifs is 1. The fourth-order valence-electron chi connectivity index (χ4n) is 2.84. The third-order valence-corrected chi connectivity index (χ3v) is 4.47. The summed E-state index contributed by atoms with van der Waals surface area (Å²) in [6.07, 6.45) is 0. The lowest BCUT2D eigenvalue weighted by atomic mass is 10.0. The maximum absolute atomic E-state index is 11.9. The van der Waals surface area contributed by atoms with E-state index in [0.29, 0.717) is 11.7 Å². The molecule has 0 saturated carbocycles. The minimum absolute atomic E-state index is 0.0325. The van der Waals surface area contributed by atoms with Crippen molar-refractivity contribution in [2.75, 3.05) is 19.8 Å². The van der Waals surface area contributed by atoms with E-state index in [2.05, 4.69) is 31.0 Å². The van der Waals surface area contributed by atoms with Crippen LogP contribution in [0.5, 0.6) is 11.5 Å². The first kappa shape index (κ1) is 20.3. The molecule has 0 aliphatic carbocycles. The van der Waals surface area contributed by atoms with Gasteiger partial charge >= 0.3 is 0 Å². The summed E-state index contributed by atoms with van der Waals surface area (Å²) in [6.45, 7) is 4.76. The Morgan fingerprint density at radius 2 is 1.69 bits per heavy atom. The Bertz CT molecular complexity index is 1010. The fraction of sp³-hybridized carbons (Fsp3) is 0.240. The van der Waals surface area contributed by atoms with Crippen LogP contribution in [0.1, 0.15) is 25.3 Å². The number of hydrogen-bond donors (Lipinski definition) is 1. The van der Waals surface area contributed by atoms with Gasteiger partial charge < -0.3 is 14.8 Å². The number of carbonyl (C=O) groups excluding carboxylic acids is 1. The van der Waals surface area contributed by atoms with E-state index < -0.39 is 0 Å². The topological polar surface area (TPSA) is 47.6 Å². The number of ether oxygens (including phenoxy) is 2. The lowest BCUT2D eigenvalue weighted by molar-refractivity contribution is -0.122. The van der Waals surface area contributed by atoms with Crippen molar-refractivity contribution in [1.82, 2.24) is 5.32 Å². The zero-order valence-corrected chi connectivity index (χ0v) is 16.8. The summed E-state index contributed by atoms with van der Waals surface area (Å²) in [4.78, 5) is 11.9. The van der Waals surface area contributed by atoms with Crippen LogP contribution < -0.4 is 14.8 Å². The smallest absolute Gasteiger partial charge is 0.258 e. The zero-order chi connectivity index (χ0) is 20.5. The first-order valence-electron chi connectivity index (χ1n) is 9.69. The minimum atomic E-state index is -0.206. The monoisotopic (exact) mass is 387 g/mol. The average molecular weight is 387 g/mol. The van der Waals surface area contributed by atoms with Gasteiger partial charge in [-0.25, -0.2) is 0 Å². The number of amides is 1. The molecule has 0 aliphatic rings. The number of rotatable bonds is 7. The molecule has 0 aliphatic heterocycles. The standard InChI is InChI=1S/C25H25NO3/c1-19(2)20-12-14-22(15-13-20)29-18-25(27)26-16-5-6-17-28-24-11-7-9-21-8-3-4-10-23(21)24/h3-4,7-15,19H,16-18H2,1-2H3,(H,26,27). The van der Waals surface area contributed by atoms with Crippen LogP contribution in [0.4, 0.5) is 0 Å². The van der Waals surface area contributed by atoms with Crippen molar-refractivity contribution in [3.8, 4) is 23.3 Å². The molecule has 0 spiro atoms. The van der Waals surface area contributed by atoms with Crippen LogP contribution in [0.15, 0.2) is 66.7 Å². The van der Waals surface area contributed by atoms with Gasteiger partial charge in [0.2, 0.25) is 0 Å². The molecular formula is C25H25NO3. The summed E-state index contributed by atoms with van der Waals surface area (Å²) in [5, 5.41) is 4.91. The van der Waals surface area contributed by atoms with Crippen molar-refractivity contribution in [3.05, 3.63) is 72.3 Å². The van der Waals surface area contributed by atoms with E-state index in [1.54, 1.807) is 0 Å². The normalized spacial score (nSPS) is 10.3. The highest BCUT2D eigenvalue weighted by atomic mass is 16.5. The van der Waals surface area contributed by atoms with Gasteiger partial charge in [-0.1, -0.05) is 74.2 Å². The van der Waals surface area contributed by atoms with Crippen LogP contribution in [-0.2, 0) is 4.79 Å². The minimum Gasteiger partial charge on any atom is -0.484 e. The summed E-state index contributed by atoms with van der Waals surface area (Å²) >= 11 is 0. The first-order valence-corrected chi connectivity index (χ1v) is 9.69. The SMILES string of the molecule is CC(C)c1ccc(OCC(=O)NCC#CCOc2cccc3ccccc23)cc1. The highest BCUT2D eigenvalue weighted by molar-refractivity contribution is 5.88. The van der Waals surface area contributed by atoms with E-state index in [-0.39, 0.29) is 25.7 Å². The highest BCUT2D eigenvalue weighted by Crippen LogP contribution is 2.24. The first-order chi connectivity index (χ1) is 14.1. The van der Waals surface area contributed by atoms with Gasteiger partial charge in [-0.05, 0) is 35.1 Å². The van der Waals surface area contributed by atoms with Crippen LogP contribution in [0, 0.1) is 11.8 Å². The van der Waals surface area contributed by atoms with E-state index in [1.165, 1.54) is 5.56 Å². The predicted molar refractivity (Wildman–Crippen MR) is 116 cm³/mol. The Morgan fingerprint density at radius 1 is 0.931 bits per heavy atom. The van der Waals surface area contributed by atoms with Gasteiger partial charge in [-0.3, -0.25) is 4.79 Å². The van der Waals surface area contributed by atoms with Gasteiger partial charge in [-0.15, -0.1) is 0 Å². The van der Waals surface area contributed by atoms with Crippen LogP contribution >= 0.6 is 0 Å². The van der Waals surface area contributed by atoms with Gasteiger partial charge in [0.15, 0.2) is 6.61 Å². The van der Waals surface area contributed by atoms with Crippen molar-refractivity contribution in [1.29, 1.82) is 0 Å². The molecule has 3 aromatic carbocycles. The van der Waals surface area contributed by atoms with Crippen molar-refractivity contribution in [2.45, 2.75) is 19.8 Å². The number of benzene rings is 3. The third-order valence-electron chi connectivity index (χ3n) is 4.47. The van der Waals surface area contributed by atoms with Crippen LogP contribution in [-0.4, -0.2) is 25.7 Å². The van der Waals surface area contributed by atoms with E-state index >= 15 is 0 Å². The quantitative estimate of drug-likeness (QED) is 0.606. The molecule has 29 heavy (non-hydrogen) atoms. The zero-order valence-electron chi connectivity index (χ0n) is 16.8. The largest absolute Gasteiger partial charge is 0.484 e. The molecule has 1 N–H and O–H groups in total. The second-order valence-corrected chi connectivity index (χ2v) is 6.91.